The maximum atomic E-state index is 11.4. The van der Waals surface area contributed by atoms with E-state index in [1.54, 1.807) is 6.08 Å². The van der Waals surface area contributed by atoms with Crippen LogP contribution in [0.4, 0.5) is 0 Å². The van der Waals surface area contributed by atoms with Gasteiger partial charge in [-0.15, -0.1) is 0 Å². The molecule has 1 N–H and O–H groups in total. The molecule has 98 valence electrons. The van der Waals surface area contributed by atoms with Crippen LogP contribution in [0.1, 0.15) is 71.1 Å². The first kappa shape index (κ1) is 14.4. The summed E-state index contributed by atoms with van der Waals surface area (Å²) in [5.74, 6) is 0.243. The second kappa shape index (κ2) is 8.46. The zero-order chi connectivity index (χ0) is 12.5. The largest absolute Gasteiger partial charge is 0.389 e. The first-order valence-electron chi connectivity index (χ1n) is 7.16. The Morgan fingerprint density at radius 2 is 1.88 bits per heavy atom. The topological polar surface area (TPSA) is 37.3 Å². The quantitative estimate of drug-likeness (QED) is 0.516. The molecule has 2 nitrogen and oxygen atoms in total. The van der Waals surface area contributed by atoms with Gasteiger partial charge in [0.1, 0.15) is 0 Å². The van der Waals surface area contributed by atoms with Crippen molar-refractivity contribution in [3.8, 4) is 0 Å². The molecule has 17 heavy (non-hydrogen) atoms. The van der Waals surface area contributed by atoms with E-state index in [4.69, 9.17) is 0 Å². The van der Waals surface area contributed by atoms with Crippen molar-refractivity contribution in [2.75, 3.05) is 0 Å². The van der Waals surface area contributed by atoms with Gasteiger partial charge in [-0.05, 0) is 30.9 Å². The van der Waals surface area contributed by atoms with Gasteiger partial charge in [0, 0.05) is 6.42 Å². The summed E-state index contributed by atoms with van der Waals surface area (Å²) in [6.45, 7) is 2.22. The summed E-state index contributed by atoms with van der Waals surface area (Å²) < 4.78 is 0. The second-order valence-corrected chi connectivity index (χ2v) is 5.09. The van der Waals surface area contributed by atoms with Crippen molar-refractivity contribution >= 4 is 5.78 Å². The van der Waals surface area contributed by atoms with Gasteiger partial charge in [-0.3, -0.25) is 4.79 Å². The molecule has 1 atom stereocenters. The van der Waals surface area contributed by atoms with Crippen molar-refractivity contribution in [3.63, 3.8) is 0 Å². The summed E-state index contributed by atoms with van der Waals surface area (Å²) in [6.07, 6.45) is 12.2. The maximum Gasteiger partial charge on any atom is 0.158 e. The first-order chi connectivity index (χ1) is 8.24. The van der Waals surface area contributed by atoms with Crippen molar-refractivity contribution in [1.82, 2.24) is 0 Å². The predicted octanol–water partition coefficient (Wildman–Crippen LogP) is 3.78. The highest BCUT2D eigenvalue weighted by Crippen LogP contribution is 2.21. The van der Waals surface area contributed by atoms with Crippen LogP contribution < -0.4 is 0 Å². The van der Waals surface area contributed by atoms with Gasteiger partial charge in [0.05, 0.1) is 6.10 Å². The second-order valence-electron chi connectivity index (χ2n) is 5.09. The Hall–Kier alpha value is -0.630. The average Bonchev–Trinajstić information content (AvgIpc) is 2.69. The molecular formula is C15H26O2. The number of Topliss-reactive ketones (excluding diaryl/α,β-unsaturated/α-hetero) is 1. The highest BCUT2D eigenvalue weighted by Gasteiger charge is 2.17. The lowest BCUT2D eigenvalue weighted by Gasteiger charge is -2.06. The molecule has 0 aliphatic heterocycles. The molecule has 1 fully saturated rings. The standard InChI is InChI=1S/C15H26O2/c1-2-3-4-5-6-7-10-14(16)12-13-9-8-11-15(13)17/h12,14,16H,2-11H2,1H3/b13-12-/t14-/m0/s1. The molecule has 0 spiro atoms. The van der Waals surface area contributed by atoms with E-state index in [1.807, 2.05) is 0 Å². The Labute approximate surface area is 105 Å². The zero-order valence-electron chi connectivity index (χ0n) is 11.1. The van der Waals surface area contributed by atoms with Gasteiger partial charge in [-0.2, -0.15) is 0 Å². The fourth-order valence-corrected chi connectivity index (χ4v) is 2.37. The summed E-state index contributed by atoms with van der Waals surface area (Å²) in [5.41, 5.74) is 0.864. The van der Waals surface area contributed by atoms with Crippen molar-refractivity contribution in [2.45, 2.75) is 77.2 Å². The molecule has 1 aliphatic carbocycles. The van der Waals surface area contributed by atoms with Crippen LogP contribution in [-0.4, -0.2) is 17.0 Å². The van der Waals surface area contributed by atoms with Crippen LogP contribution in [0.15, 0.2) is 11.6 Å². The third-order valence-electron chi connectivity index (χ3n) is 3.46. The van der Waals surface area contributed by atoms with Crippen molar-refractivity contribution in [2.24, 2.45) is 0 Å². The molecule has 0 heterocycles. The van der Waals surface area contributed by atoms with Gasteiger partial charge in [-0.25, -0.2) is 0 Å². The highest BCUT2D eigenvalue weighted by molar-refractivity contribution is 5.97. The summed E-state index contributed by atoms with van der Waals surface area (Å²) in [4.78, 5) is 11.4. The molecule has 0 unspecified atom stereocenters. The Morgan fingerprint density at radius 1 is 1.18 bits per heavy atom. The first-order valence-corrected chi connectivity index (χ1v) is 7.16. The number of ketones is 1. The molecule has 0 aromatic rings. The van der Waals surface area contributed by atoms with E-state index < -0.39 is 6.10 Å². The average molecular weight is 238 g/mol. The molecule has 2 heteroatoms. The van der Waals surface area contributed by atoms with Gasteiger partial charge >= 0.3 is 0 Å². The number of aliphatic hydroxyl groups excluding tert-OH is 1. The van der Waals surface area contributed by atoms with E-state index in [2.05, 4.69) is 6.92 Å². The highest BCUT2D eigenvalue weighted by atomic mass is 16.3. The Morgan fingerprint density at radius 3 is 2.53 bits per heavy atom. The molecule has 0 saturated heterocycles. The lowest BCUT2D eigenvalue weighted by atomic mass is 10.0. The van der Waals surface area contributed by atoms with E-state index in [-0.39, 0.29) is 5.78 Å². The maximum absolute atomic E-state index is 11.4. The molecular weight excluding hydrogens is 212 g/mol. The summed E-state index contributed by atoms with van der Waals surface area (Å²) in [6, 6.07) is 0. The predicted molar refractivity (Wildman–Crippen MR) is 70.9 cm³/mol. The number of hydrogen-bond donors (Lipinski definition) is 1. The van der Waals surface area contributed by atoms with E-state index in [0.29, 0.717) is 6.42 Å². The number of rotatable bonds is 8. The number of aliphatic hydroxyl groups is 1. The van der Waals surface area contributed by atoms with E-state index in [0.717, 1.165) is 31.3 Å². The van der Waals surface area contributed by atoms with Crippen LogP contribution in [0.5, 0.6) is 0 Å². The fourth-order valence-electron chi connectivity index (χ4n) is 2.37. The lowest BCUT2D eigenvalue weighted by Crippen LogP contribution is -2.05. The number of unbranched alkanes of at least 4 members (excludes halogenated alkanes) is 5. The molecule has 1 rings (SSSR count). The number of carbonyl (C=O) groups excluding carboxylic acids is 1. The molecule has 0 amide bonds. The van der Waals surface area contributed by atoms with Gasteiger partial charge < -0.3 is 5.11 Å². The Bertz CT molecular complexity index is 256. The Kier molecular flexibility index (Phi) is 7.18. The summed E-state index contributed by atoms with van der Waals surface area (Å²) in [5, 5.41) is 9.80. The monoisotopic (exact) mass is 238 g/mol. The fraction of sp³-hybridized carbons (Fsp3) is 0.800. The SMILES string of the molecule is CCCCCCCC[C@H](O)/C=C1/CCCC1=O. The van der Waals surface area contributed by atoms with E-state index in [1.165, 1.54) is 32.1 Å². The lowest BCUT2D eigenvalue weighted by molar-refractivity contribution is -0.114. The van der Waals surface area contributed by atoms with Gasteiger partial charge in [0.15, 0.2) is 5.78 Å². The van der Waals surface area contributed by atoms with Gasteiger partial charge in [0.2, 0.25) is 0 Å². The van der Waals surface area contributed by atoms with Crippen LogP contribution in [0.3, 0.4) is 0 Å². The van der Waals surface area contributed by atoms with Crippen LogP contribution in [-0.2, 0) is 4.79 Å². The van der Waals surface area contributed by atoms with Crippen LogP contribution in [0.2, 0.25) is 0 Å². The Balaban J connectivity index is 2.08. The molecule has 0 aromatic carbocycles. The van der Waals surface area contributed by atoms with Gasteiger partial charge in [-0.1, -0.05) is 45.4 Å². The van der Waals surface area contributed by atoms with Crippen LogP contribution >= 0.6 is 0 Å². The molecule has 1 aliphatic rings. The molecule has 1 saturated carbocycles. The van der Waals surface area contributed by atoms with Crippen molar-refractivity contribution in [3.05, 3.63) is 11.6 Å². The minimum Gasteiger partial charge on any atom is -0.389 e. The zero-order valence-corrected chi connectivity index (χ0v) is 11.1. The third-order valence-corrected chi connectivity index (χ3v) is 3.46. The van der Waals surface area contributed by atoms with E-state index in [9.17, 15) is 9.90 Å². The third kappa shape index (κ3) is 6.02. The minimum absolute atomic E-state index is 0.243. The smallest absolute Gasteiger partial charge is 0.158 e. The van der Waals surface area contributed by atoms with Crippen LogP contribution in [0, 0.1) is 0 Å². The molecule has 0 bridgehead atoms. The number of allylic oxidation sites excluding steroid dienone is 1. The van der Waals surface area contributed by atoms with Crippen molar-refractivity contribution < 1.29 is 9.90 Å². The normalized spacial score (nSPS) is 20.1. The summed E-state index contributed by atoms with van der Waals surface area (Å²) in [7, 11) is 0. The minimum atomic E-state index is -0.404. The molecule has 0 radical (unpaired) electrons. The van der Waals surface area contributed by atoms with Crippen molar-refractivity contribution in [1.29, 1.82) is 0 Å². The van der Waals surface area contributed by atoms with Crippen LogP contribution in [0.25, 0.3) is 0 Å². The number of hydrogen-bond acceptors (Lipinski definition) is 2. The molecule has 0 aromatic heterocycles. The number of carbonyl (C=O) groups is 1. The van der Waals surface area contributed by atoms with E-state index >= 15 is 0 Å². The summed E-state index contributed by atoms with van der Waals surface area (Å²) >= 11 is 0. The van der Waals surface area contributed by atoms with Gasteiger partial charge in [0.25, 0.3) is 0 Å².